The molecular weight excluding hydrogens is 214 g/mol. The van der Waals surface area contributed by atoms with Crippen LogP contribution >= 0.6 is 11.8 Å². The Labute approximate surface area is 107 Å². The third kappa shape index (κ3) is 9.53. The summed E-state index contributed by atoms with van der Waals surface area (Å²) in [6.07, 6.45) is 6.57. The zero-order chi connectivity index (χ0) is 12.2. The van der Waals surface area contributed by atoms with E-state index in [0.29, 0.717) is 0 Å². The highest BCUT2D eigenvalue weighted by atomic mass is 32.2. The van der Waals surface area contributed by atoms with Crippen LogP contribution in [0.3, 0.4) is 0 Å². The first kappa shape index (κ1) is 16.3. The summed E-state index contributed by atoms with van der Waals surface area (Å²) in [6.45, 7) is 10.3. The number of thioether (sulfide) groups is 1. The zero-order valence-electron chi connectivity index (χ0n) is 11.7. The summed E-state index contributed by atoms with van der Waals surface area (Å²) in [4.78, 5) is 0. The molecule has 0 fully saturated rings. The molecule has 0 spiro atoms. The second-order valence-corrected chi connectivity index (χ2v) is 5.94. The van der Waals surface area contributed by atoms with Crippen molar-refractivity contribution in [2.75, 3.05) is 18.1 Å². The Morgan fingerprint density at radius 2 is 1.88 bits per heavy atom. The van der Waals surface area contributed by atoms with Gasteiger partial charge in [-0.25, -0.2) is 0 Å². The van der Waals surface area contributed by atoms with Gasteiger partial charge in [0.2, 0.25) is 0 Å². The van der Waals surface area contributed by atoms with E-state index >= 15 is 0 Å². The van der Waals surface area contributed by atoms with E-state index in [2.05, 4.69) is 44.8 Å². The van der Waals surface area contributed by atoms with E-state index in [1.165, 1.54) is 50.2 Å². The van der Waals surface area contributed by atoms with Gasteiger partial charge in [-0.2, -0.15) is 11.8 Å². The average molecular weight is 245 g/mol. The summed E-state index contributed by atoms with van der Waals surface area (Å²) < 4.78 is 0. The smallest absolute Gasteiger partial charge is 0.00647 e. The Kier molecular flexibility index (Phi) is 12.0. The first-order chi connectivity index (χ1) is 7.74. The van der Waals surface area contributed by atoms with Crippen molar-refractivity contribution >= 4 is 11.8 Å². The van der Waals surface area contributed by atoms with Gasteiger partial charge in [-0.05, 0) is 49.7 Å². The van der Waals surface area contributed by atoms with E-state index in [1.54, 1.807) is 0 Å². The van der Waals surface area contributed by atoms with E-state index < -0.39 is 0 Å². The number of rotatable bonds is 11. The molecule has 0 saturated carbocycles. The summed E-state index contributed by atoms with van der Waals surface area (Å²) in [5, 5.41) is 3.62. The first-order valence-electron chi connectivity index (χ1n) is 7.05. The Hall–Kier alpha value is 0.310. The van der Waals surface area contributed by atoms with E-state index in [-0.39, 0.29) is 0 Å². The third-order valence-corrected chi connectivity index (χ3v) is 4.50. The summed E-state index contributed by atoms with van der Waals surface area (Å²) in [7, 11) is 0. The van der Waals surface area contributed by atoms with Crippen LogP contribution in [0.25, 0.3) is 0 Å². The van der Waals surface area contributed by atoms with Crippen LogP contribution in [-0.2, 0) is 0 Å². The van der Waals surface area contributed by atoms with Crippen LogP contribution in [0.5, 0.6) is 0 Å². The summed E-state index contributed by atoms with van der Waals surface area (Å²) in [5.41, 5.74) is 0. The second kappa shape index (κ2) is 11.8. The molecular formula is C14H31NS. The quantitative estimate of drug-likeness (QED) is 0.544. The fraction of sp³-hybridized carbons (Fsp3) is 1.00. The summed E-state index contributed by atoms with van der Waals surface area (Å²) >= 11 is 2.13. The maximum absolute atomic E-state index is 3.62. The summed E-state index contributed by atoms with van der Waals surface area (Å²) in [6, 6.07) is 0.754. The van der Waals surface area contributed by atoms with Crippen molar-refractivity contribution in [3.8, 4) is 0 Å². The minimum absolute atomic E-state index is 0.754. The lowest BCUT2D eigenvalue weighted by Crippen LogP contribution is -2.29. The van der Waals surface area contributed by atoms with E-state index in [0.717, 1.165) is 12.0 Å². The molecule has 0 radical (unpaired) electrons. The Morgan fingerprint density at radius 3 is 2.44 bits per heavy atom. The highest BCUT2D eigenvalue weighted by Gasteiger charge is 2.04. The molecule has 0 saturated heterocycles. The molecule has 2 atom stereocenters. The van der Waals surface area contributed by atoms with Gasteiger partial charge in [0.15, 0.2) is 0 Å². The normalized spacial score (nSPS) is 15.0. The van der Waals surface area contributed by atoms with Crippen LogP contribution in [-0.4, -0.2) is 24.1 Å². The summed E-state index contributed by atoms with van der Waals surface area (Å²) in [5.74, 6) is 3.58. The van der Waals surface area contributed by atoms with Crippen molar-refractivity contribution in [3.05, 3.63) is 0 Å². The monoisotopic (exact) mass is 245 g/mol. The molecule has 16 heavy (non-hydrogen) atoms. The van der Waals surface area contributed by atoms with Crippen LogP contribution in [0.1, 0.15) is 59.8 Å². The lowest BCUT2D eigenvalue weighted by atomic mass is 10.1. The number of hydrogen-bond acceptors (Lipinski definition) is 2. The molecule has 0 aliphatic heterocycles. The Balaban J connectivity index is 3.33. The van der Waals surface area contributed by atoms with Gasteiger partial charge in [0, 0.05) is 6.04 Å². The fourth-order valence-electron chi connectivity index (χ4n) is 1.63. The Morgan fingerprint density at radius 1 is 1.12 bits per heavy atom. The van der Waals surface area contributed by atoms with Crippen molar-refractivity contribution in [2.45, 2.75) is 65.8 Å². The maximum Gasteiger partial charge on any atom is 0.00647 e. The highest BCUT2D eigenvalue weighted by Crippen LogP contribution is 2.14. The molecule has 0 aromatic rings. The largest absolute Gasteiger partial charge is 0.314 e. The lowest BCUT2D eigenvalue weighted by molar-refractivity contribution is 0.465. The molecule has 98 valence electrons. The topological polar surface area (TPSA) is 12.0 Å². The minimum Gasteiger partial charge on any atom is -0.314 e. The Bertz CT molecular complexity index is 139. The second-order valence-electron chi connectivity index (χ2n) is 4.79. The predicted molar refractivity (Wildman–Crippen MR) is 78.4 cm³/mol. The molecule has 0 amide bonds. The SMILES string of the molecule is CCCNC(CC)CCCSCC(C)CC. The van der Waals surface area contributed by atoms with Gasteiger partial charge in [-0.3, -0.25) is 0 Å². The predicted octanol–water partition coefficient (Wildman–Crippen LogP) is 4.32. The molecule has 0 bridgehead atoms. The van der Waals surface area contributed by atoms with E-state index in [4.69, 9.17) is 0 Å². The molecule has 1 N–H and O–H groups in total. The van der Waals surface area contributed by atoms with Gasteiger partial charge in [-0.15, -0.1) is 0 Å². The van der Waals surface area contributed by atoms with Gasteiger partial charge in [0.05, 0.1) is 0 Å². The molecule has 0 aliphatic carbocycles. The fourth-order valence-corrected chi connectivity index (χ4v) is 2.81. The van der Waals surface area contributed by atoms with Crippen LogP contribution in [0.4, 0.5) is 0 Å². The van der Waals surface area contributed by atoms with Gasteiger partial charge in [0.25, 0.3) is 0 Å². The molecule has 2 heteroatoms. The van der Waals surface area contributed by atoms with Crippen molar-refractivity contribution in [2.24, 2.45) is 5.92 Å². The van der Waals surface area contributed by atoms with Crippen molar-refractivity contribution in [1.82, 2.24) is 5.32 Å². The lowest BCUT2D eigenvalue weighted by Gasteiger charge is -2.16. The van der Waals surface area contributed by atoms with Gasteiger partial charge in [0.1, 0.15) is 0 Å². The standard InChI is InChI=1S/C14H31NS/c1-5-10-15-14(7-3)9-8-11-16-12-13(4)6-2/h13-15H,5-12H2,1-4H3. The van der Waals surface area contributed by atoms with Gasteiger partial charge >= 0.3 is 0 Å². The molecule has 0 heterocycles. The molecule has 2 unspecified atom stereocenters. The highest BCUT2D eigenvalue weighted by molar-refractivity contribution is 7.99. The molecule has 0 aromatic heterocycles. The molecule has 0 aromatic carbocycles. The average Bonchev–Trinajstić information content (AvgIpc) is 2.32. The minimum atomic E-state index is 0.754. The van der Waals surface area contributed by atoms with Crippen molar-refractivity contribution in [1.29, 1.82) is 0 Å². The van der Waals surface area contributed by atoms with Crippen LogP contribution in [0, 0.1) is 5.92 Å². The first-order valence-corrected chi connectivity index (χ1v) is 8.21. The van der Waals surface area contributed by atoms with E-state index in [9.17, 15) is 0 Å². The van der Waals surface area contributed by atoms with Crippen LogP contribution in [0.2, 0.25) is 0 Å². The molecule has 0 aliphatic rings. The molecule has 1 nitrogen and oxygen atoms in total. The van der Waals surface area contributed by atoms with E-state index in [1.807, 2.05) is 0 Å². The number of hydrogen-bond donors (Lipinski definition) is 1. The van der Waals surface area contributed by atoms with Crippen molar-refractivity contribution < 1.29 is 0 Å². The molecule has 0 rings (SSSR count). The van der Waals surface area contributed by atoms with Gasteiger partial charge in [-0.1, -0.05) is 34.1 Å². The number of nitrogens with one attached hydrogen (secondary N) is 1. The zero-order valence-corrected chi connectivity index (χ0v) is 12.5. The van der Waals surface area contributed by atoms with Crippen LogP contribution < -0.4 is 5.32 Å². The van der Waals surface area contributed by atoms with Crippen LogP contribution in [0.15, 0.2) is 0 Å². The third-order valence-electron chi connectivity index (χ3n) is 3.12. The van der Waals surface area contributed by atoms with Gasteiger partial charge < -0.3 is 5.32 Å². The van der Waals surface area contributed by atoms with Crippen molar-refractivity contribution in [3.63, 3.8) is 0 Å². The maximum atomic E-state index is 3.62.